The monoisotopic (exact) mass is 230 g/mol. The van der Waals surface area contributed by atoms with Gasteiger partial charge in [0.25, 0.3) is 0 Å². The second-order valence-electron chi connectivity index (χ2n) is 4.19. The minimum absolute atomic E-state index is 0.0460. The van der Waals surface area contributed by atoms with Crippen LogP contribution in [0.2, 0.25) is 0 Å². The number of morpholine rings is 1. The molecule has 16 heavy (non-hydrogen) atoms. The average molecular weight is 230 g/mol. The molecule has 1 fully saturated rings. The Kier molecular flexibility index (Phi) is 5.73. The number of carbonyl (C=O) groups is 1. The van der Waals surface area contributed by atoms with E-state index in [1.807, 2.05) is 6.92 Å². The van der Waals surface area contributed by atoms with Gasteiger partial charge >= 0.3 is 0 Å². The zero-order valence-electron chi connectivity index (χ0n) is 10.1. The van der Waals surface area contributed by atoms with Crippen LogP contribution < -0.4 is 5.32 Å². The highest BCUT2D eigenvalue weighted by atomic mass is 16.5. The van der Waals surface area contributed by atoms with Crippen LogP contribution in [0.15, 0.2) is 0 Å². The van der Waals surface area contributed by atoms with E-state index in [0.29, 0.717) is 32.2 Å². The molecule has 0 saturated carbocycles. The molecule has 2 atom stereocenters. The second kappa shape index (κ2) is 6.83. The summed E-state index contributed by atoms with van der Waals surface area (Å²) in [5.74, 6) is 0.0849. The van der Waals surface area contributed by atoms with Gasteiger partial charge in [0.1, 0.15) is 0 Å². The van der Waals surface area contributed by atoms with Gasteiger partial charge in [-0.05, 0) is 13.8 Å². The van der Waals surface area contributed by atoms with Crippen LogP contribution >= 0.6 is 0 Å². The molecule has 5 nitrogen and oxygen atoms in total. The predicted octanol–water partition coefficient (Wildman–Crippen LogP) is -0.406. The summed E-state index contributed by atoms with van der Waals surface area (Å²) >= 11 is 0. The van der Waals surface area contributed by atoms with Crippen LogP contribution in [0.5, 0.6) is 0 Å². The fourth-order valence-corrected chi connectivity index (χ4v) is 1.83. The van der Waals surface area contributed by atoms with E-state index >= 15 is 0 Å². The van der Waals surface area contributed by atoms with Crippen molar-refractivity contribution < 1.29 is 14.6 Å². The van der Waals surface area contributed by atoms with E-state index in [2.05, 4.69) is 17.1 Å². The maximum Gasteiger partial charge on any atom is 0.221 e. The van der Waals surface area contributed by atoms with Crippen LogP contribution in [0.3, 0.4) is 0 Å². The zero-order valence-corrected chi connectivity index (χ0v) is 10.1. The molecule has 0 spiro atoms. The highest BCUT2D eigenvalue weighted by Gasteiger charge is 2.25. The first kappa shape index (κ1) is 13.4. The minimum Gasteiger partial charge on any atom is -0.394 e. The standard InChI is InChI=1S/C11H22N2O3/c1-3-12-11(15)4-5-13-6-10(7-14)16-8-9(13)2/h9-10,14H,3-8H2,1-2H3,(H,12,15). The SMILES string of the molecule is CCNC(=O)CCN1CC(CO)OCC1C. The van der Waals surface area contributed by atoms with Crippen molar-refractivity contribution in [3.63, 3.8) is 0 Å². The summed E-state index contributed by atoms with van der Waals surface area (Å²) < 4.78 is 5.43. The van der Waals surface area contributed by atoms with E-state index in [-0.39, 0.29) is 18.6 Å². The molecule has 1 saturated heterocycles. The normalized spacial score (nSPS) is 26.7. The van der Waals surface area contributed by atoms with Crippen LogP contribution in [0.4, 0.5) is 0 Å². The fraction of sp³-hybridized carbons (Fsp3) is 0.909. The summed E-state index contributed by atoms with van der Waals surface area (Å²) in [6, 6.07) is 0.317. The van der Waals surface area contributed by atoms with Gasteiger partial charge in [0.05, 0.1) is 19.3 Å². The van der Waals surface area contributed by atoms with Gasteiger partial charge in [-0.25, -0.2) is 0 Å². The summed E-state index contributed by atoms with van der Waals surface area (Å²) in [7, 11) is 0. The van der Waals surface area contributed by atoms with Gasteiger partial charge in [-0.1, -0.05) is 0 Å². The van der Waals surface area contributed by atoms with Crippen LogP contribution in [-0.4, -0.2) is 60.9 Å². The first-order valence-corrected chi connectivity index (χ1v) is 5.90. The molecular weight excluding hydrogens is 208 g/mol. The maximum atomic E-state index is 11.3. The van der Waals surface area contributed by atoms with Crippen LogP contribution in [0.1, 0.15) is 20.3 Å². The van der Waals surface area contributed by atoms with Gasteiger partial charge in [-0.15, -0.1) is 0 Å². The number of carbonyl (C=O) groups excluding carboxylic acids is 1. The fourth-order valence-electron chi connectivity index (χ4n) is 1.83. The zero-order chi connectivity index (χ0) is 12.0. The van der Waals surface area contributed by atoms with Gasteiger partial charge in [0.15, 0.2) is 0 Å². The summed E-state index contributed by atoms with van der Waals surface area (Å²) in [6.45, 7) is 6.77. The Bertz CT molecular complexity index is 223. The number of amides is 1. The number of aliphatic hydroxyl groups is 1. The third kappa shape index (κ3) is 4.08. The molecule has 1 heterocycles. The summed E-state index contributed by atoms with van der Waals surface area (Å²) in [6.07, 6.45) is 0.404. The molecule has 1 amide bonds. The Morgan fingerprint density at radius 1 is 1.62 bits per heavy atom. The van der Waals surface area contributed by atoms with E-state index in [4.69, 9.17) is 9.84 Å². The largest absolute Gasteiger partial charge is 0.394 e. The molecule has 0 aromatic rings. The maximum absolute atomic E-state index is 11.3. The van der Waals surface area contributed by atoms with Crippen molar-refractivity contribution in [2.75, 3.05) is 32.8 Å². The Morgan fingerprint density at radius 3 is 3.00 bits per heavy atom. The number of ether oxygens (including phenoxy) is 1. The summed E-state index contributed by atoms with van der Waals surface area (Å²) in [5.41, 5.74) is 0. The Hall–Kier alpha value is -0.650. The Labute approximate surface area is 96.8 Å². The van der Waals surface area contributed by atoms with E-state index in [9.17, 15) is 4.79 Å². The quantitative estimate of drug-likeness (QED) is 0.674. The lowest BCUT2D eigenvalue weighted by Gasteiger charge is -2.37. The molecule has 0 aromatic heterocycles. The van der Waals surface area contributed by atoms with E-state index in [1.165, 1.54) is 0 Å². The molecule has 2 N–H and O–H groups in total. The topological polar surface area (TPSA) is 61.8 Å². The highest BCUT2D eigenvalue weighted by molar-refractivity contribution is 5.75. The number of hydrogen-bond acceptors (Lipinski definition) is 4. The molecule has 1 aliphatic rings. The Balaban J connectivity index is 2.30. The third-order valence-electron chi connectivity index (χ3n) is 2.84. The van der Waals surface area contributed by atoms with Crippen molar-refractivity contribution >= 4 is 5.91 Å². The molecule has 2 unspecified atom stereocenters. The predicted molar refractivity (Wildman–Crippen MR) is 61.2 cm³/mol. The van der Waals surface area contributed by atoms with Crippen molar-refractivity contribution in [2.45, 2.75) is 32.4 Å². The number of rotatable bonds is 5. The van der Waals surface area contributed by atoms with Gasteiger partial charge < -0.3 is 15.2 Å². The van der Waals surface area contributed by atoms with Crippen LogP contribution in [0.25, 0.3) is 0 Å². The van der Waals surface area contributed by atoms with E-state index < -0.39 is 0 Å². The van der Waals surface area contributed by atoms with Crippen molar-refractivity contribution in [3.05, 3.63) is 0 Å². The average Bonchev–Trinajstić information content (AvgIpc) is 2.28. The molecule has 1 rings (SSSR count). The van der Waals surface area contributed by atoms with Gasteiger partial charge in [-0.3, -0.25) is 9.69 Å². The van der Waals surface area contributed by atoms with Crippen LogP contribution in [0, 0.1) is 0 Å². The van der Waals surface area contributed by atoms with Crippen molar-refractivity contribution in [1.82, 2.24) is 10.2 Å². The van der Waals surface area contributed by atoms with Crippen molar-refractivity contribution in [2.24, 2.45) is 0 Å². The minimum atomic E-state index is -0.106. The Morgan fingerprint density at radius 2 is 2.38 bits per heavy atom. The van der Waals surface area contributed by atoms with Crippen LogP contribution in [-0.2, 0) is 9.53 Å². The second-order valence-corrected chi connectivity index (χ2v) is 4.19. The van der Waals surface area contributed by atoms with Gasteiger partial charge in [0, 0.05) is 32.1 Å². The number of nitrogens with zero attached hydrogens (tertiary/aromatic N) is 1. The van der Waals surface area contributed by atoms with E-state index in [1.54, 1.807) is 0 Å². The lowest BCUT2D eigenvalue weighted by Crippen LogP contribution is -2.50. The molecule has 1 aliphatic heterocycles. The first-order chi connectivity index (χ1) is 7.67. The molecule has 0 radical (unpaired) electrons. The lowest BCUT2D eigenvalue weighted by molar-refractivity contribution is -0.122. The first-order valence-electron chi connectivity index (χ1n) is 5.90. The molecular formula is C11H22N2O3. The van der Waals surface area contributed by atoms with Gasteiger partial charge in [0.2, 0.25) is 5.91 Å². The lowest BCUT2D eigenvalue weighted by atomic mass is 10.2. The smallest absolute Gasteiger partial charge is 0.221 e. The molecule has 94 valence electrons. The summed E-state index contributed by atoms with van der Waals surface area (Å²) in [4.78, 5) is 13.5. The molecule has 5 heteroatoms. The van der Waals surface area contributed by atoms with Crippen molar-refractivity contribution in [3.8, 4) is 0 Å². The molecule has 0 aliphatic carbocycles. The van der Waals surface area contributed by atoms with Gasteiger partial charge in [-0.2, -0.15) is 0 Å². The molecule has 0 bridgehead atoms. The number of hydrogen-bond donors (Lipinski definition) is 2. The van der Waals surface area contributed by atoms with Crippen molar-refractivity contribution in [1.29, 1.82) is 0 Å². The highest BCUT2D eigenvalue weighted by Crippen LogP contribution is 2.11. The van der Waals surface area contributed by atoms with E-state index in [0.717, 1.165) is 6.54 Å². The number of aliphatic hydroxyl groups excluding tert-OH is 1. The molecule has 0 aromatic carbocycles. The third-order valence-corrected chi connectivity index (χ3v) is 2.84. The summed E-state index contributed by atoms with van der Waals surface area (Å²) in [5, 5.41) is 11.8. The number of nitrogens with one attached hydrogen (secondary N) is 1.